The summed E-state index contributed by atoms with van der Waals surface area (Å²) in [5.74, 6) is -0.260. The lowest BCUT2D eigenvalue weighted by atomic mass is 10.0. The zero-order valence-corrected chi connectivity index (χ0v) is 16.7. The molecule has 29 heavy (non-hydrogen) atoms. The fourth-order valence-electron chi connectivity index (χ4n) is 2.93. The molecule has 5 heteroatoms. The van der Waals surface area contributed by atoms with E-state index in [0.29, 0.717) is 30.2 Å². The molecule has 3 aromatic carbocycles. The van der Waals surface area contributed by atoms with Crippen molar-refractivity contribution in [2.24, 2.45) is 0 Å². The van der Waals surface area contributed by atoms with Crippen molar-refractivity contribution in [2.75, 3.05) is 6.54 Å². The smallest absolute Gasteiger partial charge is 0.257 e. The summed E-state index contributed by atoms with van der Waals surface area (Å²) in [5, 5.41) is 12.0. The van der Waals surface area contributed by atoms with Crippen molar-refractivity contribution in [1.29, 1.82) is 5.26 Å². The van der Waals surface area contributed by atoms with E-state index in [9.17, 15) is 4.79 Å². The summed E-state index contributed by atoms with van der Waals surface area (Å²) in [6, 6.07) is 29.4. The standard InChI is InChI=1S/C24H21N3OS/c25-16-7-17-27(18-19-8-3-1-4-9-19)24(29)26-23(28)22-14-12-21(13-15-22)20-10-5-2-6-11-20/h1-6,8-15H,7,17-18H2,(H,26,28,29). The van der Waals surface area contributed by atoms with Crippen molar-refractivity contribution in [3.8, 4) is 17.2 Å². The van der Waals surface area contributed by atoms with Gasteiger partial charge in [0.2, 0.25) is 0 Å². The molecular formula is C24H21N3OS. The summed E-state index contributed by atoms with van der Waals surface area (Å²) in [4.78, 5) is 14.5. The fourth-order valence-corrected chi connectivity index (χ4v) is 3.18. The number of rotatable bonds is 6. The van der Waals surface area contributed by atoms with Gasteiger partial charge >= 0.3 is 0 Å². The van der Waals surface area contributed by atoms with Crippen molar-refractivity contribution in [2.45, 2.75) is 13.0 Å². The van der Waals surface area contributed by atoms with Gasteiger partial charge in [0.15, 0.2) is 5.11 Å². The summed E-state index contributed by atoms with van der Waals surface area (Å²) in [5.41, 5.74) is 3.74. The van der Waals surface area contributed by atoms with Gasteiger partial charge in [-0.1, -0.05) is 72.8 Å². The lowest BCUT2D eigenvalue weighted by Crippen LogP contribution is -2.42. The molecule has 0 saturated carbocycles. The molecule has 3 rings (SSSR count). The molecule has 0 fully saturated rings. The Labute approximate surface area is 176 Å². The quantitative estimate of drug-likeness (QED) is 0.606. The van der Waals surface area contributed by atoms with Gasteiger partial charge in [-0.3, -0.25) is 10.1 Å². The maximum atomic E-state index is 12.6. The highest BCUT2D eigenvalue weighted by molar-refractivity contribution is 7.80. The third-order valence-corrected chi connectivity index (χ3v) is 4.83. The Morgan fingerprint density at radius 1 is 0.897 bits per heavy atom. The predicted octanol–water partition coefficient (Wildman–Crippen LogP) is 4.78. The lowest BCUT2D eigenvalue weighted by Gasteiger charge is -2.24. The summed E-state index contributed by atoms with van der Waals surface area (Å²) in [7, 11) is 0. The van der Waals surface area contributed by atoms with E-state index in [2.05, 4.69) is 11.4 Å². The van der Waals surface area contributed by atoms with Crippen LogP contribution in [0.15, 0.2) is 84.9 Å². The van der Waals surface area contributed by atoms with Crippen molar-refractivity contribution < 1.29 is 4.79 Å². The van der Waals surface area contributed by atoms with Crippen molar-refractivity contribution in [3.63, 3.8) is 0 Å². The molecule has 0 aliphatic heterocycles. The SMILES string of the molecule is N#CCCN(Cc1ccccc1)C(=S)NC(=O)c1ccc(-c2ccccc2)cc1. The van der Waals surface area contributed by atoms with E-state index in [1.807, 2.05) is 77.7 Å². The first-order chi connectivity index (χ1) is 14.2. The zero-order valence-electron chi connectivity index (χ0n) is 15.9. The summed E-state index contributed by atoms with van der Waals surface area (Å²) < 4.78 is 0. The predicted molar refractivity (Wildman–Crippen MR) is 119 cm³/mol. The average molecular weight is 400 g/mol. The first-order valence-corrected chi connectivity index (χ1v) is 9.75. The second kappa shape index (κ2) is 10.2. The van der Waals surface area contributed by atoms with E-state index < -0.39 is 0 Å². The minimum absolute atomic E-state index is 0.260. The summed E-state index contributed by atoms with van der Waals surface area (Å²) >= 11 is 5.45. The molecular weight excluding hydrogens is 378 g/mol. The normalized spacial score (nSPS) is 10.0. The molecule has 144 valence electrons. The Bertz CT molecular complexity index is 996. The van der Waals surface area contributed by atoms with Gasteiger partial charge in [-0.05, 0) is 41.0 Å². The molecule has 1 amide bonds. The van der Waals surface area contributed by atoms with Crippen LogP contribution in [-0.4, -0.2) is 22.5 Å². The molecule has 0 bridgehead atoms. The van der Waals surface area contributed by atoms with E-state index in [1.165, 1.54) is 0 Å². The number of carbonyl (C=O) groups excluding carboxylic acids is 1. The second-order valence-corrected chi connectivity index (χ2v) is 6.90. The number of thiocarbonyl (C=S) groups is 1. The number of nitrogens with zero attached hydrogens (tertiary/aromatic N) is 2. The third kappa shape index (κ3) is 5.74. The van der Waals surface area contributed by atoms with Crippen LogP contribution in [0.4, 0.5) is 0 Å². The Kier molecular flexibility index (Phi) is 7.10. The molecule has 0 atom stereocenters. The van der Waals surface area contributed by atoms with Crippen LogP contribution in [0.1, 0.15) is 22.3 Å². The van der Waals surface area contributed by atoms with Gasteiger partial charge in [0.05, 0.1) is 12.5 Å². The first-order valence-electron chi connectivity index (χ1n) is 9.34. The molecule has 0 aliphatic carbocycles. The number of hydrogen-bond donors (Lipinski definition) is 1. The highest BCUT2D eigenvalue weighted by Crippen LogP contribution is 2.19. The molecule has 0 radical (unpaired) electrons. The zero-order chi connectivity index (χ0) is 20.5. The van der Waals surface area contributed by atoms with Crippen LogP contribution < -0.4 is 5.32 Å². The third-order valence-electron chi connectivity index (χ3n) is 4.47. The number of nitriles is 1. The van der Waals surface area contributed by atoms with E-state index >= 15 is 0 Å². The number of carbonyl (C=O) groups is 1. The maximum absolute atomic E-state index is 12.6. The van der Waals surface area contributed by atoms with Gasteiger partial charge < -0.3 is 4.90 Å². The number of nitrogens with one attached hydrogen (secondary N) is 1. The lowest BCUT2D eigenvalue weighted by molar-refractivity contribution is 0.0973. The topological polar surface area (TPSA) is 56.1 Å². The molecule has 0 aromatic heterocycles. The van der Waals surface area contributed by atoms with Crippen LogP contribution >= 0.6 is 12.2 Å². The van der Waals surface area contributed by atoms with Crippen LogP contribution in [0.25, 0.3) is 11.1 Å². The van der Waals surface area contributed by atoms with Gasteiger partial charge in [0.25, 0.3) is 5.91 Å². The maximum Gasteiger partial charge on any atom is 0.257 e. The fraction of sp³-hybridized carbons (Fsp3) is 0.125. The molecule has 3 aromatic rings. The Balaban J connectivity index is 1.67. The van der Waals surface area contributed by atoms with Crippen molar-refractivity contribution in [3.05, 3.63) is 96.1 Å². The van der Waals surface area contributed by atoms with Gasteiger partial charge in [-0.15, -0.1) is 0 Å². The van der Waals surface area contributed by atoms with Crippen LogP contribution in [0.3, 0.4) is 0 Å². The van der Waals surface area contributed by atoms with Crippen molar-refractivity contribution in [1.82, 2.24) is 10.2 Å². The van der Waals surface area contributed by atoms with Crippen molar-refractivity contribution >= 4 is 23.2 Å². The number of amides is 1. The Hall–Kier alpha value is -3.49. The monoisotopic (exact) mass is 399 g/mol. The van der Waals surface area contributed by atoms with Gasteiger partial charge in [0, 0.05) is 18.7 Å². The highest BCUT2D eigenvalue weighted by Gasteiger charge is 2.14. The molecule has 0 aliphatic rings. The van der Waals surface area contributed by atoms with E-state index in [-0.39, 0.29) is 5.91 Å². The second-order valence-electron chi connectivity index (χ2n) is 6.52. The molecule has 0 saturated heterocycles. The molecule has 0 spiro atoms. The van der Waals surface area contributed by atoms with E-state index in [0.717, 1.165) is 16.7 Å². The van der Waals surface area contributed by atoms with E-state index in [1.54, 1.807) is 12.1 Å². The summed E-state index contributed by atoms with van der Waals surface area (Å²) in [6.45, 7) is 0.992. The first kappa shape index (κ1) is 20.2. The largest absolute Gasteiger partial charge is 0.344 e. The van der Waals surface area contributed by atoms with E-state index in [4.69, 9.17) is 17.5 Å². The summed E-state index contributed by atoms with van der Waals surface area (Å²) in [6.07, 6.45) is 0.328. The average Bonchev–Trinajstić information content (AvgIpc) is 2.78. The molecule has 0 heterocycles. The number of benzene rings is 3. The number of hydrogen-bond acceptors (Lipinski definition) is 3. The minimum Gasteiger partial charge on any atom is -0.344 e. The van der Waals surface area contributed by atoms with Crippen LogP contribution in [0, 0.1) is 11.3 Å². The van der Waals surface area contributed by atoms with Gasteiger partial charge in [0.1, 0.15) is 0 Å². The molecule has 0 unspecified atom stereocenters. The highest BCUT2D eigenvalue weighted by atomic mass is 32.1. The van der Waals surface area contributed by atoms with Gasteiger partial charge in [-0.2, -0.15) is 5.26 Å². The Morgan fingerprint density at radius 3 is 2.10 bits per heavy atom. The van der Waals surface area contributed by atoms with Crippen LogP contribution in [0.5, 0.6) is 0 Å². The Morgan fingerprint density at radius 2 is 1.48 bits per heavy atom. The van der Waals surface area contributed by atoms with Crippen LogP contribution in [-0.2, 0) is 6.54 Å². The molecule has 4 nitrogen and oxygen atoms in total. The minimum atomic E-state index is -0.260. The molecule has 1 N–H and O–H groups in total. The van der Waals surface area contributed by atoms with Gasteiger partial charge in [-0.25, -0.2) is 0 Å². The van der Waals surface area contributed by atoms with Crippen LogP contribution in [0.2, 0.25) is 0 Å².